The van der Waals surface area contributed by atoms with Crippen LogP contribution in [0.1, 0.15) is 19.0 Å². The molecule has 0 aromatic carbocycles. The van der Waals surface area contributed by atoms with Crippen LogP contribution in [0.3, 0.4) is 0 Å². The highest BCUT2D eigenvalue weighted by molar-refractivity contribution is 5.78. The smallest absolute Gasteiger partial charge is 0.306 e. The van der Waals surface area contributed by atoms with Crippen LogP contribution >= 0.6 is 0 Å². The molecule has 0 bridgehead atoms. The predicted molar refractivity (Wildman–Crippen MR) is 63.8 cm³/mol. The zero-order valence-corrected chi connectivity index (χ0v) is 10.1. The first-order valence-corrected chi connectivity index (χ1v) is 5.50. The normalized spacial score (nSPS) is 13.7. The van der Waals surface area contributed by atoms with Crippen LogP contribution in [-0.2, 0) is 16.0 Å². The second-order valence-corrected chi connectivity index (χ2v) is 4.34. The molecule has 0 radical (unpaired) electrons. The van der Waals surface area contributed by atoms with Gasteiger partial charge in [0.25, 0.3) is 0 Å². The summed E-state index contributed by atoms with van der Waals surface area (Å²) in [5, 5.41) is 20.7. The lowest BCUT2D eigenvalue weighted by molar-refractivity contribution is -0.142. The van der Waals surface area contributed by atoms with Gasteiger partial charge in [0.2, 0.25) is 5.91 Å². The van der Waals surface area contributed by atoms with Gasteiger partial charge in [0.05, 0.1) is 18.4 Å². The largest absolute Gasteiger partial charge is 0.481 e. The Morgan fingerprint density at radius 2 is 2.17 bits per heavy atom. The third-order valence-electron chi connectivity index (χ3n) is 2.27. The molecule has 6 nitrogen and oxygen atoms in total. The lowest BCUT2D eigenvalue weighted by Crippen LogP contribution is -2.42. The molecule has 0 saturated carbocycles. The van der Waals surface area contributed by atoms with Crippen LogP contribution in [0, 0.1) is 0 Å². The highest BCUT2D eigenvalue weighted by Crippen LogP contribution is 2.07. The number of hydrogen-bond acceptors (Lipinski definition) is 4. The summed E-state index contributed by atoms with van der Waals surface area (Å²) in [5.74, 6) is -1.42. The third kappa shape index (κ3) is 5.40. The van der Waals surface area contributed by atoms with Gasteiger partial charge in [-0.1, -0.05) is 6.07 Å². The van der Waals surface area contributed by atoms with E-state index in [9.17, 15) is 14.7 Å². The number of nitrogens with one attached hydrogen (secondary N) is 1. The Kier molecular flexibility index (Phi) is 4.79. The Morgan fingerprint density at radius 3 is 2.72 bits per heavy atom. The van der Waals surface area contributed by atoms with Crippen molar-refractivity contribution in [3.8, 4) is 0 Å². The molecule has 1 atom stereocenters. The van der Waals surface area contributed by atoms with Crippen LogP contribution in [-0.4, -0.2) is 39.2 Å². The van der Waals surface area contributed by atoms with Crippen molar-refractivity contribution in [2.75, 3.05) is 6.54 Å². The van der Waals surface area contributed by atoms with E-state index >= 15 is 0 Å². The summed E-state index contributed by atoms with van der Waals surface area (Å²) in [6.45, 7) is 1.26. The number of hydrogen-bond donors (Lipinski definition) is 3. The maximum atomic E-state index is 11.5. The van der Waals surface area contributed by atoms with E-state index in [4.69, 9.17) is 5.11 Å². The van der Waals surface area contributed by atoms with Crippen molar-refractivity contribution < 1.29 is 19.8 Å². The van der Waals surface area contributed by atoms with E-state index in [0.717, 1.165) is 0 Å². The first-order chi connectivity index (χ1) is 8.39. The van der Waals surface area contributed by atoms with Crippen molar-refractivity contribution >= 4 is 11.9 Å². The third-order valence-corrected chi connectivity index (χ3v) is 2.27. The SMILES string of the molecule is CC(O)(CNC(=O)Cc1ccccn1)CC(=O)O. The van der Waals surface area contributed by atoms with Gasteiger partial charge in [-0.2, -0.15) is 0 Å². The molecule has 0 aliphatic heterocycles. The van der Waals surface area contributed by atoms with Gasteiger partial charge in [-0.25, -0.2) is 0 Å². The number of aromatic nitrogens is 1. The summed E-state index contributed by atoms with van der Waals surface area (Å²) in [6, 6.07) is 5.24. The van der Waals surface area contributed by atoms with Crippen molar-refractivity contribution in [2.45, 2.75) is 25.4 Å². The topological polar surface area (TPSA) is 99.5 Å². The molecule has 98 valence electrons. The molecular formula is C12H16N2O4. The quantitative estimate of drug-likeness (QED) is 0.660. The number of nitrogens with zero attached hydrogens (tertiary/aromatic N) is 1. The number of carboxylic acid groups (broad SMARTS) is 1. The van der Waals surface area contributed by atoms with Gasteiger partial charge >= 0.3 is 5.97 Å². The van der Waals surface area contributed by atoms with Gasteiger partial charge in [0, 0.05) is 18.4 Å². The number of aliphatic hydroxyl groups is 1. The van der Waals surface area contributed by atoms with Crippen molar-refractivity contribution in [3.63, 3.8) is 0 Å². The number of pyridine rings is 1. The molecule has 1 aromatic heterocycles. The minimum atomic E-state index is -1.45. The summed E-state index contributed by atoms with van der Waals surface area (Å²) in [4.78, 5) is 26.0. The second kappa shape index (κ2) is 6.11. The molecule has 1 aromatic rings. The van der Waals surface area contributed by atoms with Crippen molar-refractivity contribution in [3.05, 3.63) is 30.1 Å². The van der Waals surface area contributed by atoms with E-state index in [1.54, 1.807) is 24.4 Å². The predicted octanol–water partition coefficient (Wildman–Crippen LogP) is -0.0340. The molecule has 0 spiro atoms. The Bertz CT molecular complexity index is 417. The van der Waals surface area contributed by atoms with E-state index in [1.807, 2.05) is 0 Å². The van der Waals surface area contributed by atoms with Gasteiger partial charge in [0.15, 0.2) is 0 Å². The molecule has 6 heteroatoms. The first kappa shape index (κ1) is 14.1. The average Bonchev–Trinajstić information content (AvgIpc) is 2.26. The average molecular weight is 252 g/mol. The zero-order chi connectivity index (χ0) is 13.6. The van der Waals surface area contributed by atoms with Crippen molar-refractivity contribution in [2.24, 2.45) is 0 Å². The standard InChI is InChI=1S/C12H16N2O4/c1-12(18,7-11(16)17)8-14-10(15)6-9-4-2-3-5-13-9/h2-5,18H,6-8H2,1H3,(H,14,15)(H,16,17). The highest BCUT2D eigenvalue weighted by Gasteiger charge is 2.24. The van der Waals surface area contributed by atoms with Crippen molar-refractivity contribution in [1.29, 1.82) is 0 Å². The molecule has 0 saturated heterocycles. The van der Waals surface area contributed by atoms with Crippen molar-refractivity contribution in [1.82, 2.24) is 10.3 Å². The fraction of sp³-hybridized carbons (Fsp3) is 0.417. The molecule has 3 N–H and O–H groups in total. The fourth-order valence-corrected chi connectivity index (χ4v) is 1.41. The molecule has 1 amide bonds. The van der Waals surface area contributed by atoms with Crippen LogP contribution in [0.15, 0.2) is 24.4 Å². The molecule has 0 aliphatic rings. The number of carbonyl (C=O) groups is 2. The molecule has 1 rings (SSSR count). The zero-order valence-electron chi connectivity index (χ0n) is 10.1. The Labute approximate surface area is 105 Å². The fourth-order valence-electron chi connectivity index (χ4n) is 1.41. The van der Waals surface area contributed by atoms with E-state index in [2.05, 4.69) is 10.3 Å². The Morgan fingerprint density at radius 1 is 1.44 bits per heavy atom. The first-order valence-electron chi connectivity index (χ1n) is 5.50. The summed E-state index contributed by atoms with van der Waals surface area (Å²) in [7, 11) is 0. The van der Waals surface area contributed by atoms with E-state index < -0.39 is 18.0 Å². The highest BCUT2D eigenvalue weighted by atomic mass is 16.4. The van der Waals surface area contributed by atoms with E-state index in [0.29, 0.717) is 5.69 Å². The van der Waals surface area contributed by atoms with E-state index in [-0.39, 0.29) is 18.9 Å². The number of rotatable bonds is 6. The number of carbonyl (C=O) groups excluding carboxylic acids is 1. The van der Waals surface area contributed by atoms with Gasteiger partial charge < -0.3 is 15.5 Å². The summed E-state index contributed by atoms with van der Waals surface area (Å²) in [6.07, 6.45) is 1.27. The summed E-state index contributed by atoms with van der Waals surface area (Å²) < 4.78 is 0. The monoisotopic (exact) mass is 252 g/mol. The molecule has 0 fully saturated rings. The maximum absolute atomic E-state index is 11.5. The number of amides is 1. The lowest BCUT2D eigenvalue weighted by Gasteiger charge is -2.21. The minimum Gasteiger partial charge on any atom is -0.481 e. The molecule has 1 unspecified atom stereocenters. The van der Waals surface area contributed by atoms with Crippen LogP contribution in [0.5, 0.6) is 0 Å². The molecule has 1 heterocycles. The van der Waals surface area contributed by atoms with Gasteiger partial charge in [-0.15, -0.1) is 0 Å². The van der Waals surface area contributed by atoms with Crippen LogP contribution < -0.4 is 5.32 Å². The van der Waals surface area contributed by atoms with E-state index in [1.165, 1.54) is 6.92 Å². The lowest BCUT2D eigenvalue weighted by atomic mass is 10.0. The Hall–Kier alpha value is -1.95. The molecular weight excluding hydrogens is 236 g/mol. The summed E-state index contributed by atoms with van der Waals surface area (Å²) in [5.41, 5.74) is -0.834. The second-order valence-electron chi connectivity index (χ2n) is 4.34. The minimum absolute atomic E-state index is 0.101. The van der Waals surface area contributed by atoms with Gasteiger partial charge in [-0.05, 0) is 19.1 Å². The molecule has 18 heavy (non-hydrogen) atoms. The number of aliphatic carboxylic acids is 1. The van der Waals surface area contributed by atoms with Crippen LogP contribution in [0.2, 0.25) is 0 Å². The molecule has 0 aliphatic carbocycles. The maximum Gasteiger partial charge on any atom is 0.306 e. The van der Waals surface area contributed by atoms with Gasteiger partial charge in [-0.3, -0.25) is 14.6 Å². The number of carboxylic acids is 1. The van der Waals surface area contributed by atoms with Gasteiger partial charge in [0.1, 0.15) is 0 Å². The Balaban J connectivity index is 2.40. The van der Waals surface area contributed by atoms with Crippen LogP contribution in [0.25, 0.3) is 0 Å². The van der Waals surface area contributed by atoms with Crippen LogP contribution in [0.4, 0.5) is 0 Å². The summed E-state index contributed by atoms with van der Waals surface area (Å²) >= 11 is 0.